The summed E-state index contributed by atoms with van der Waals surface area (Å²) < 4.78 is 0. The highest BCUT2D eigenvalue weighted by molar-refractivity contribution is 5.79. The highest BCUT2D eigenvalue weighted by Crippen LogP contribution is 2.09. The van der Waals surface area contributed by atoms with E-state index in [1.165, 1.54) is 11.1 Å². The quantitative estimate of drug-likeness (QED) is 0.621. The number of nitrogens with zero attached hydrogens (tertiary/aromatic N) is 6. The van der Waals surface area contributed by atoms with Gasteiger partial charge in [0.25, 0.3) is 0 Å². The molecule has 1 rings (SSSR count). The zero-order valence-electron chi connectivity index (χ0n) is 16.4. The largest absolute Gasteiger partial charge is 0.349 e. The van der Waals surface area contributed by atoms with Gasteiger partial charge < -0.3 is 19.6 Å². The molecule has 0 saturated heterocycles. The Morgan fingerprint density at radius 3 is 1.29 bits per heavy atom. The van der Waals surface area contributed by atoms with Gasteiger partial charge in [-0.2, -0.15) is 0 Å². The minimum atomic E-state index is 0.664. The Balaban J connectivity index is 2.87. The Morgan fingerprint density at radius 1 is 0.667 bits per heavy atom. The summed E-state index contributed by atoms with van der Waals surface area (Å²) in [5.74, 6) is 1.92. The summed E-state index contributed by atoms with van der Waals surface area (Å²) in [6.07, 6.45) is 0. The fourth-order valence-electron chi connectivity index (χ4n) is 2.52. The van der Waals surface area contributed by atoms with Crippen molar-refractivity contribution < 1.29 is 0 Å². The van der Waals surface area contributed by atoms with Gasteiger partial charge in [-0.25, -0.2) is 9.98 Å². The Kier molecular flexibility index (Phi) is 7.55. The van der Waals surface area contributed by atoms with Crippen molar-refractivity contribution in [3.8, 4) is 0 Å². The lowest BCUT2D eigenvalue weighted by Gasteiger charge is -2.23. The molecule has 6 nitrogen and oxygen atoms in total. The van der Waals surface area contributed by atoms with Crippen LogP contribution in [-0.2, 0) is 13.1 Å². The molecule has 0 unspecified atom stereocenters. The standard InChI is InChI=1S/C18H32N6/c1-21(2)17(22(3)4)19-13-15-10-9-11-16(12-15)14-20-18(23(5)6)24(7)8/h9-12H,13-14H2,1-8H3. The molecule has 0 N–H and O–H groups in total. The second-order valence-corrected chi connectivity index (χ2v) is 6.63. The molecule has 0 aliphatic rings. The minimum absolute atomic E-state index is 0.664. The van der Waals surface area contributed by atoms with Gasteiger partial charge in [0.2, 0.25) is 0 Å². The summed E-state index contributed by atoms with van der Waals surface area (Å²) in [6.45, 7) is 1.33. The first-order valence-corrected chi connectivity index (χ1v) is 8.08. The minimum Gasteiger partial charge on any atom is -0.349 e. The number of guanidine groups is 2. The molecule has 6 heteroatoms. The molecule has 0 atom stereocenters. The fourth-order valence-corrected chi connectivity index (χ4v) is 2.52. The predicted molar refractivity (Wildman–Crippen MR) is 103 cm³/mol. The van der Waals surface area contributed by atoms with Crippen LogP contribution in [0, 0.1) is 0 Å². The van der Waals surface area contributed by atoms with Crippen molar-refractivity contribution in [1.29, 1.82) is 0 Å². The van der Waals surface area contributed by atoms with Crippen LogP contribution in [-0.4, -0.2) is 87.9 Å². The maximum atomic E-state index is 4.70. The van der Waals surface area contributed by atoms with E-state index < -0.39 is 0 Å². The topological polar surface area (TPSA) is 37.7 Å². The molecule has 0 aromatic heterocycles. The van der Waals surface area contributed by atoms with Crippen molar-refractivity contribution in [3.05, 3.63) is 35.4 Å². The number of hydrogen-bond donors (Lipinski definition) is 0. The van der Waals surface area contributed by atoms with Crippen LogP contribution in [0.3, 0.4) is 0 Å². The zero-order chi connectivity index (χ0) is 18.3. The fraction of sp³-hybridized carbons (Fsp3) is 0.556. The van der Waals surface area contributed by atoms with Crippen LogP contribution in [0.5, 0.6) is 0 Å². The lowest BCUT2D eigenvalue weighted by atomic mass is 10.1. The van der Waals surface area contributed by atoms with Crippen LogP contribution in [0.4, 0.5) is 0 Å². The Bertz CT molecular complexity index is 505. The lowest BCUT2D eigenvalue weighted by molar-refractivity contribution is 0.479. The maximum absolute atomic E-state index is 4.70. The van der Waals surface area contributed by atoms with Crippen molar-refractivity contribution in [3.63, 3.8) is 0 Å². The van der Waals surface area contributed by atoms with Crippen LogP contribution >= 0.6 is 0 Å². The number of benzene rings is 1. The predicted octanol–water partition coefficient (Wildman–Crippen LogP) is 1.65. The summed E-state index contributed by atoms with van der Waals surface area (Å²) in [5.41, 5.74) is 2.39. The molecule has 0 amide bonds. The first kappa shape index (κ1) is 19.8. The molecule has 134 valence electrons. The van der Waals surface area contributed by atoms with Crippen molar-refractivity contribution in [1.82, 2.24) is 19.6 Å². The second-order valence-electron chi connectivity index (χ2n) is 6.63. The van der Waals surface area contributed by atoms with Gasteiger partial charge in [-0.15, -0.1) is 0 Å². The molecule has 0 bridgehead atoms. The molecule has 0 fully saturated rings. The molecular weight excluding hydrogens is 300 g/mol. The van der Waals surface area contributed by atoms with Crippen LogP contribution in [0.25, 0.3) is 0 Å². The lowest BCUT2D eigenvalue weighted by Crippen LogP contribution is -2.35. The molecule has 0 aliphatic heterocycles. The molecule has 0 radical (unpaired) electrons. The van der Waals surface area contributed by atoms with Crippen LogP contribution in [0.15, 0.2) is 34.3 Å². The molecule has 0 saturated carbocycles. The van der Waals surface area contributed by atoms with Gasteiger partial charge in [-0.05, 0) is 11.1 Å². The van der Waals surface area contributed by atoms with Crippen molar-refractivity contribution >= 4 is 11.9 Å². The summed E-state index contributed by atoms with van der Waals surface area (Å²) in [4.78, 5) is 17.5. The Morgan fingerprint density at radius 2 is 1.00 bits per heavy atom. The molecule has 1 aromatic carbocycles. The molecule has 24 heavy (non-hydrogen) atoms. The smallest absolute Gasteiger partial charge is 0.195 e. The monoisotopic (exact) mass is 332 g/mol. The van der Waals surface area contributed by atoms with E-state index in [4.69, 9.17) is 9.98 Å². The first-order valence-electron chi connectivity index (χ1n) is 8.08. The Labute approximate surface area is 147 Å². The first-order chi connectivity index (χ1) is 11.2. The number of hydrogen-bond acceptors (Lipinski definition) is 2. The average molecular weight is 332 g/mol. The van der Waals surface area contributed by atoms with Crippen LogP contribution in [0.2, 0.25) is 0 Å². The SMILES string of the molecule is CN(C)C(=NCc1cccc(CN=C(N(C)C)N(C)C)c1)N(C)C. The van der Waals surface area contributed by atoms with E-state index in [0.29, 0.717) is 13.1 Å². The molecule has 0 spiro atoms. The maximum Gasteiger partial charge on any atom is 0.195 e. The third-order valence-electron chi connectivity index (χ3n) is 3.40. The molecule has 0 heterocycles. The van der Waals surface area contributed by atoms with Crippen LogP contribution in [0.1, 0.15) is 11.1 Å². The van der Waals surface area contributed by atoms with Crippen LogP contribution < -0.4 is 0 Å². The third kappa shape index (κ3) is 6.10. The molecule has 0 aliphatic carbocycles. The highest BCUT2D eigenvalue weighted by atomic mass is 15.3. The van der Waals surface area contributed by atoms with E-state index >= 15 is 0 Å². The van der Waals surface area contributed by atoms with Gasteiger partial charge in [0, 0.05) is 56.4 Å². The van der Waals surface area contributed by atoms with E-state index in [9.17, 15) is 0 Å². The average Bonchev–Trinajstić information content (AvgIpc) is 2.46. The van der Waals surface area contributed by atoms with Gasteiger partial charge in [0.15, 0.2) is 11.9 Å². The molecule has 1 aromatic rings. The summed E-state index contributed by atoms with van der Waals surface area (Å²) in [7, 11) is 16.1. The highest BCUT2D eigenvalue weighted by Gasteiger charge is 2.05. The van der Waals surface area contributed by atoms with Gasteiger partial charge >= 0.3 is 0 Å². The van der Waals surface area contributed by atoms with E-state index in [-0.39, 0.29) is 0 Å². The summed E-state index contributed by atoms with van der Waals surface area (Å²) in [5, 5.41) is 0. The normalized spacial score (nSPS) is 10.0. The van der Waals surface area contributed by atoms with E-state index in [1.807, 2.05) is 76.0 Å². The number of rotatable bonds is 4. The number of aliphatic imine (C=N–C) groups is 2. The van der Waals surface area contributed by atoms with Gasteiger partial charge in [-0.3, -0.25) is 0 Å². The summed E-state index contributed by atoms with van der Waals surface area (Å²) in [6, 6.07) is 8.47. The zero-order valence-corrected chi connectivity index (χ0v) is 16.4. The van der Waals surface area contributed by atoms with Crippen molar-refractivity contribution in [2.24, 2.45) is 9.98 Å². The van der Waals surface area contributed by atoms with Gasteiger partial charge in [0.05, 0.1) is 13.1 Å². The van der Waals surface area contributed by atoms with Crippen molar-refractivity contribution in [2.45, 2.75) is 13.1 Å². The van der Waals surface area contributed by atoms with E-state index in [2.05, 4.69) is 24.3 Å². The molecular formula is C18H32N6. The summed E-state index contributed by atoms with van der Waals surface area (Å²) >= 11 is 0. The third-order valence-corrected chi connectivity index (χ3v) is 3.40. The van der Waals surface area contributed by atoms with Gasteiger partial charge in [0.1, 0.15) is 0 Å². The van der Waals surface area contributed by atoms with Crippen molar-refractivity contribution in [2.75, 3.05) is 56.4 Å². The van der Waals surface area contributed by atoms with E-state index in [1.54, 1.807) is 0 Å². The van der Waals surface area contributed by atoms with E-state index in [0.717, 1.165) is 11.9 Å². The second kappa shape index (κ2) is 9.15. The van der Waals surface area contributed by atoms with Gasteiger partial charge in [-0.1, -0.05) is 24.3 Å². The Hall–Kier alpha value is -2.24.